The number of hydrogen-bond acceptors (Lipinski definition) is 4. The number of aryl methyl sites for hydroxylation is 1. The minimum absolute atomic E-state index is 0.0102. The van der Waals surface area contributed by atoms with E-state index in [1.54, 1.807) is 6.07 Å². The molecule has 5 nitrogen and oxygen atoms in total. The van der Waals surface area contributed by atoms with Gasteiger partial charge < -0.3 is 9.53 Å². The first-order chi connectivity index (χ1) is 7.69. The molecule has 0 saturated heterocycles. The summed E-state index contributed by atoms with van der Waals surface area (Å²) in [5, 5.41) is 10.5. The second kappa shape index (κ2) is 5.85. The second-order valence-corrected chi connectivity index (χ2v) is 3.31. The number of unbranched alkanes of at least 4 members (excludes halogenated alkanes) is 1. The van der Waals surface area contributed by atoms with Gasteiger partial charge in [-0.2, -0.15) is 0 Å². The molecule has 0 aliphatic carbocycles. The summed E-state index contributed by atoms with van der Waals surface area (Å²) in [4.78, 5) is 20.3. The number of nitrogens with zero attached hydrogens (tertiary/aromatic N) is 1. The van der Waals surface area contributed by atoms with E-state index in [9.17, 15) is 14.9 Å². The van der Waals surface area contributed by atoms with Crippen molar-refractivity contribution in [2.24, 2.45) is 0 Å². The smallest absolute Gasteiger partial charge is 0.273 e. The highest BCUT2D eigenvalue weighted by Gasteiger charge is 2.10. The Bertz CT molecular complexity index is 390. The highest BCUT2D eigenvalue weighted by atomic mass is 16.6. The lowest BCUT2D eigenvalue weighted by atomic mass is 10.1. The van der Waals surface area contributed by atoms with E-state index in [0.29, 0.717) is 18.6 Å². The lowest BCUT2D eigenvalue weighted by Crippen LogP contribution is -1.95. The molecule has 5 heteroatoms. The molecule has 0 heterocycles. The topological polar surface area (TPSA) is 69.4 Å². The zero-order valence-electron chi connectivity index (χ0n) is 9.01. The molecule has 0 atom stereocenters. The SMILES string of the molecule is COc1cc([N+](=O)[O-])ccc1CCCC=O. The fourth-order valence-corrected chi connectivity index (χ4v) is 1.43. The Morgan fingerprint density at radius 1 is 1.50 bits per heavy atom. The third-order valence-electron chi connectivity index (χ3n) is 2.25. The van der Waals surface area contributed by atoms with Crippen molar-refractivity contribution in [2.75, 3.05) is 7.11 Å². The summed E-state index contributed by atoms with van der Waals surface area (Å²) in [5.41, 5.74) is 0.894. The van der Waals surface area contributed by atoms with E-state index >= 15 is 0 Å². The Hall–Kier alpha value is -1.91. The van der Waals surface area contributed by atoms with Crippen molar-refractivity contribution in [1.29, 1.82) is 0 Å². The van der Waals surface area contributed by atoms with Gasteiger partial charge in [-0.1, -0.05) is 0 Å². The summed E-state index contributed by atoms with van der Waals surface area (Å²) in [6.45, 7) is 0. The molecule has 1 rings (SSSR count). The minimum Gasteiger partial charge on any atom is -0.496 e. The van der Waals surface area contributed by atoms with E-state index in [1.807, 2.05) is 0 Å². The van der Waals surface area contributed by atoms with Gasteiger partial charge in [0.15, 0.2) is 0 Å². The predicted molar refractivity (Wildman–Crippen MR) is 58.7 cm³/mol. The van der Waals surface area contributed by atoms with Crippen molar-refractivity contribution in [3.05, 3.63) is 33.9 Å². The van der Waals surface area contributed by atoms with Crippen molar-refractivity contribution in [3.8, 4) is 5.75 Å². The normalized spacial score (nSPS) is 9.81. The van der Waals surface area contributed by atoms with Crippen molar-refractivity contribution in [2.45, 2.75) is 19.3 Å². The number of nitro benzene ring substituents is 1. The Morgan fingerprint density at radius 2 is 2.25 bits per heavy atom. The van der Waals surface area contributed by atoms with Crippen molar-refractivity contribution >= 4 is 12.0 Å². The van der Waals surface area contributed by atoms with Gasteiger partial charge in [0.25, 0.3) is 5.69 Å². The van der Waals surface area contributed by atoms with Crippen LogP contribution in [0.3, 0.4) is 0 Å². The van der Waals surface area contributed by atoms with Gasteiger partial charge >= 0.3 is 0 Å². The van der Waals surface area contributed by atoms with Crippen LogP contribution < -0.4 is 4.74 Å². The first-order valence-electron chi connectivity index (χ1n) is 4.94. The summed E-state index contributed by atoms with van der Waals surface area (Å²) < 4.78 is 5.07. The summed E-state index contributed by atoms with van der Waals surface area (Å²) in [7, 11) is 1.47. The van der Waals surface area contributed by atoms with Crippen molar-refractivity contribution in [3.63, 3.8) is 0 Å². The number of aldehydes is 1. The third-order valence-corrected chi connectivity index (χ3v) is 2.25. The van der Waals surface area contributed by atoms with Gasteiger partial charge in [-0.05, 0) is 24.5 Å². The molecule has 0 saturated carbocycles. The zero-order valence-corrected chi connectivity index (χ0v) is 9.01. The van der Waals surface area contributed by atoms with E-state index in [-0.39, 0.29) is 5.69 Å². The molecular formula is C11H13NO4. The van der Waals surface area contributed by atoms with Crippen molar-refractivity contribution < 1.29 is 14.5 Å². The monoisotopic (exact) mass is 223 g/mol. The molecule has 0 aromatic heterocycles. The Morgan fingerprint density at radius 3 is 2.81 bits per heavy atom. The van der Waals surface area contributed by atoms with Crippen LogP contribution in [0.5, 0.6) is 5.75 Å². The molecule has 0 aliphatic heterocycles. The molecule has 0 aliphatic rings. The molecule has 0 radical (unpaired) electrons. The largest absolute Gasteiger partial charge is 0.496 e. The predicted octanol–water partition coefficient (Wildman–Crippen LogP) is 2.12. The second-order valence-electron chi connectivity index (χ2n) is 3.31. The fourth-order valence-electron chi connectivity index (χ4n) is 1.43. The van der Waals surface area contributed by atoms with Crippen LogP contribution in [0.4, 0.5) is 5.69 Å². The van der Waals surface area contributed by atoms with E-state index in [1.165, 1.54) is 19.2 Å². The van der Waals surface area contributed by atoms with Crippen LogP contribution in [0.25, 0.3) is 0 Å². The molecule has 1 aromatic rings. The molecule has 0 N–H and O–H groups in total. The first kappa shape index (κ1) is 12.2. The molecule has 86 valence electrons. The Kier molecular flexibility index (Phi) is 4.44. The van der Waals surface area contributed by atoms with Crippen LogP contribution in [-0.2, 0) is 11.2 Å². The fraction of sp³-hybridized carbons (Fsp3) is 0.364. The average molecular weight is 223 g/mol. The van der Waals surface area contributed by atoms with Crippen LogP contribution in [0.2, 0.25) is 0 Å². The number of rotatable bonds is 6. The summed E-state index contributed by atoms with van der Waals surface area (Å²) in [6.07, 6.45) is 2.75. The highest BCUT2D eigenvalue weighted by Crippen LogP contribution is 2.25. The Balaban J connectivity index is 2.84. The molecule has 1 aromatic carbocycles. The summed E-state index contributed by atoms with van der Waals surface area (Å²) >= 11 is 0. The maximum Gasteiger partial charge on any atom is 0.273 e. The zero-order chi connectivity index (χ0) is 12.0. The summed E-state index contributed by atoms with van der Waals surface area (Å²) in [6, 6.07) is 4.51. The standard InChI is InChI=1S/C11H13NO4/c1-16-11-8-10(12(14)15)6-5-9(11)4-2-3-7-13/h5-8H,2-4H2,1H3. The van der Waals surface area contributed by atoms with Gasteiger partial charge in [0, 0.05) is 12.5 Å². The number of hydrogen-bond donors (Lipinski definition) is 0. The maximum absolute atomic E-state index is 10.5. The van der Waals surface area contributed by atoms with Crippen LogP contribution in [0.15, 0.2) is 18.2 Å². The lowest BCUT2D eigenvalue weighted by Gasteiger charge is -2.07. The number of nitro groups is 1. The number of carbonyl (C=O) groups excluding carboxylic acids is 1. The number of methoxy groups -OCH3 is 1. The van der Waals surface area contributed by atoms with Crippen LogP contribution in [-0.4, -0.2) is 18.3 Å². The van der Waals surface area contributed by atoms with Crippen molar-refractivity contribution in [1.82, 2.24) is 0 Å². The molecule has 0 unspecified atom stereocenters. The van der Waals surface area contributed by atoms with Crippen LogP contribution in [0, 0.1) is 10.1 Å². The Labute approximate surface area is 93.2 Å². The average Bonchev–Trinajstić information content (AvgIpc) is 2.29. The van der Waals surface area contributed by atoms with Gasteiger partial charge in [0.2, 0.25) is 0 Å². The van der Waals surface area contributed by atoms with E-state index in [0.717, 1.165) is 18.3 Å². The lowest BCUT2D eigenvalue weighted by molar-refractivity contribution is -0.384. The molecular weight excluding hydrogens is 210 g/mol. The number of non-ortho nitro benzene ring substituents is 1. The molecule has 0 spiro atoms. The minimum atomic E-state index is -0.461. The number of ether oxygens (including phenoxy) is 1. The van der Waals surface area contributed by atoms with E-state index in [4.69, 9.17) is 4.74 Å². The van der Waals surface area contributed by atoms with Gasteiger partial charge in [0.05, 0.1) is 18.1 Å². The number of benzene rings is 1. The van der Waals surface area contributed by atoms with Gasteiger partial charge in [-0.25, -0.2) is 0 Å². The first-order valence-corrected chi connectivity index (χ1v) is 4.94. The summed E-state index contributed by atoms with van der Waals surface area (Å²) in [5.74, 6) is 0.500. The van der Waals surface area contributed by atoms with Crippen LogP contribution in [0.1, 0.15) is 18.4 Å². The van der Waals surface area contributed by atoms with Gasteiger partial charge in [-0.3, -0.25) is 10.1 Å². The van der Waals surface area contributed by atoms with Gasteiger partial charge in [-0.15, -0.1) is 0 Å². The molecule has 16 heavy (non-hydrogen) atoms. The van der Waals surface area contributed by atoms with Gasteiger partial charge in [0.1, 0.15) is 12.0 Å². The van der Waals surface area contributed by atoms with Crippen LogP contribution >= 0.6 is 0 Å². The quantitative estimate of drug-likeness (QED) is 0.320. The molecule has 0 fully saturated rings. The maximum atomic E-state index is 10.5. The van der Waals surface area contributed by atoms with E-state index in [2.05, 4.69) is 0 Å². The van der Waals surface area contributed by atoms with E-state index < -0.39 is 4.92 Å². The molecule has 0 amide bonds. The third kappa shape index (κ3) is 3.05. The number of carbonyl (C=O) groups is 1. The highest BCUT2D eigenvalue weighted by molar-refractivity contribution is 5.49. The molecule has 0 bridgehead atoms.